The topological polar surface area (TPSA) is 53.2 Å². The fourth-order valence-electron chi connectivity index (χ4n) is 3.04. The van der Waals surface area contributed by atoms with E-state index in [1.807, 2.05) is 24.4 Å². The van der Waals surface area contributed by atoms with Crippen LogP contribution in [0.5, 0.6) is 0 Å². The number of hydrogen-bond acceptors (Lipinski definition) is 2. The van der Waals surface area contributed by atoms with E-state index < -0.39 is 0 Å². The number of fused-ring (bicyclic) bond motifs is 2. The zero-order valence-corrected chi connectivity index (χ0v) is 10.4. The van der Waals surface area contributed by atoms with Crippen molar-refractivity contribution in [3.8, 4) is 0 Å². The Bertz CT molecular complexity index is 668. The average Bonchev–Trinajstić information content (AvgIpc) is 3.07. The highest BCUT2D eigenvalue weighted by Crippen LogP contribution is 2.46. The minimum Gasteiger partial charge on any atom is -0.361 e. The van der Waals surface area contributed by atoms with Gasteiger partial charge in [0.2, 0.25) is 11.8 Å². The third kappa shape index (κ3) is 1.52. The van der Waals surface area contributed by atoms with Crippen LogP contribution < -0.4 is 0 Å². The molecule has 96 valence electrons. The van der Waals surface area contributed by atoms with E-state index >= 15 is 0 Å². The zero-order chi connectivity index (χ0) is 13.0. The number of aromatic nitrogens is 1. The number of likely N-dealkylation sites (tertiary alicyclic amines) is 1. The fourth-order valence-corrected chi connectivity index (χ4v) is 3.04. The van der Waals surface area contributed by atoms with Crippen molar-refractivity contribution in [2.45, 2.75) is 12.8 Å². The maximum atomic E-state index is 11.9. The molecule has 1 N–H and O–H groups in total. The van der Waals surface area contributed by atoms with Crippen LogP contribution in [0.4, 0.5) is 0 Å². The molecule has 4 rings (SSSR count). The van der Waals surface area contributed by atoms with Crippen LogP contribution in [0.15, 0.2) is 30.5 Å². The number of para-hydroxylation sites is 1. The lowest BCUT2D eigenvalue weighted by molar-refractivity contribution is -0.141. The summed E-state index contributed by atoms with van der Waals surface area (Å²) in [5.74, 6) is 0.0932. The van der Waals surface area contributed by atoms with Crippen molar-refractivity contribution in [3.05, 3.63) is 36.0 Å². The largest absolute Gasteiger partial charge is 0.361 e. The van der Waals surface area contributed by atoms with E-state index in [1.54, 1.807) is 0 Å². The molecule has 4 heteroatoms. The van der Waals surface area contributed by atoms with Gasteiger partial charge in [0.25, 0.3) is 0 Å². The first-order valence-electron chi connectivity index (χ1n) is 6.66. The number of rotatable bonds is 3. The quantitative estimate of drug-likeness (QED) is 0.848. The molecule has 1 aliphatic heterocycles. The molecule has 0 bridgehead atoms. The van der Waals surface area contributed by atoms with Crippen LogP contribution in [0.1, 0.15) is 12.0 Å². The van der Waals surface area contributed by atoms with Gasteiger partial charge in [0.05, 0.1) is 11.8 Å². The Labute approximate surface area is 110 Å². The molecule has 2 amide bonds. The van der Waals surface area contributed by atoms with Crippen LogP contribution in [-0.4, -0.2) is 28.2 Å². The first-order chi connectivity index (χ1) is 9.25. The van der Waals surface area contributed by atoms with Crippen LogP contribution in [0.25, 0.3) is 10.9 Å². The number of nitrogens with zero attached hydrogens (tertiary/aromatic N) is 1. The average molecular weight is 254 g/mol. The number of imide groups is 1. The van der Waals surface area contributed by atoms with Crippen molar-refractivity contribution >= 4 is 22.7 Å². The highest BCUT2D eigenvalue weighted by Gasteiger charge is 2.58. The number of nitrogens with one attached hydrogen (secondary N) is 1. The molecule has 1 saturated heterocycles. The first-order valence-corrected chi connectivity index (χ1v) is 6.66. The number of hydrogen-bond donors (Lipinski definition) is 1. The molecule has 0 unspecified atom stereocenters. The third-order valence-electron chi connectivity index (χ3n) is 4.24. The minimum absolute atomic E-state index is 0.00969. The lowest BCUT2D eigenvalue weighted by Gasteiger charge is -2.15. The lowest BCUT2D eigenvalue weighted by atomic mass is 10.1. The number of carbonyl (C=O) groups is 2. The van der Waals surface area contributed by atoms with E-state index in [2.05, 4.69) is 11.1 Å². The summed E-state index contributed by atoms with van der Waals surface area (Å²) in [7, 11) is 0. The Morgan fingerprint density at radius 3 is 2.68 bits per heavy atom. The summed E-state index contributed by atoms with van der Waals surface area (Å²) in [5, 5.41) is 1.17. The Balaban J connectivity index is 1.53. The van der Waals surface area contributed by atoms with Gasteiger partial charge >= 0.3 is 0 Å². The molecule has 19 heavy (non-hydrogen) atoms. The second kappa shape index (κ2) is 3.70. The maximum absolute atomic E-state index is 11.9. The molecule has 1 aromatic carbocycles. The van der Waals surface area contributed by atoms with Gasteiger partial charge in [-0.05, 0) is 24.5 Å². The molecule has 1 aromatic heterocycles. The van der Waals surface area contributed by atoms with Gasteiger partial charge in [0.1, 0.15) is 0 Å². The Hall–Kier alpha value is -2.10. The van der Waals surface area contributed by atoms with E-state index in [0.29, 0.717) is 6.54 Å². The van der Waals surface area contributed by atoms with Crippen molar-refractivity contribution in [2.75, 3.05) is 6.54 Å². The van der Waals surface area contributed by atoms with Gasteiger partial charge < -0.3 is 4.98 Å². The summed E-state index contributed by atoms with van der Waals surface area (Å²) in [6.45, 7) is 0.506. The van der Waals surface area contributed by atoms with Gasteiger partial charge in [0, 0.05) is 23.6 Å². The number of piperidine rings is 1. The van der Waals surface area contributed by atoms with Gasteiger partial charge in [-0.25, -0.2) is 0 Å². The molecule has 1 saturated carbocycles. The standard InChI is InChI=1S/C15H14N2O2/c18-14-11-7-12(11)15(19)17(14)6-5-9-8-16-13-4-2-1-3-10(9)13/h1-4,8,11-12,16H,5-7H2/t11-,12+. The Morgan fingerprint density at radius 2 is 1.89 bits per heavy atom. The molecular formula is C15H14N2O2. The predicted molar refractivity (Wildman–Crippen MR) is 70.3 cm³/mol. The van der Waals surface area contributed by atoms with Gasteiger partial charge in [-0.1, -0.05) is 18.2 Å². The summed E-state index contributed by atoms with van der Waals surface area (Å²) in [6, 6.07) is 8.08. The summed E-state index contributed by atoms with van der Waals surface area (Å²) in [4.78, 5) is 28.4. The van der Waals surface area contributed by atoms with Crippen molar-refractivity contribution < 1.29 is 9.59 Å². The number of aromatic amines is 1. The number of amides is 2. The zero-order valence-electron chi connectivity index (χ0n) is 10.4. The van der Waals surface area contributed by atoms with E-state index in [1.165, 1.54) is 10.3 Å². The van der Waals surface area contributed by atoms with Crippen LogP contribution in [0, 0.1) is 11.8 Å². The normalized spacial score (nSPS) is 25.2. The second-order valence-electron chi connectivity index (χ2n) is 5.39. The number of H-pyrrole nitrogens is 1. The van der Waals surface area contributed by atoms with Gasteiger partial charge in [-0.15, -0.1) is 0 Å². The third-order valence-corrected chi connectivity index (χ3v) is 4.24. The molecule has 0 radical (unpaired) electrons. The summed E-state index contributed by atoms with van der Waals surface area (Å²) < 4.78 is 0. The Morgan fingerprint density at radius 1 is 1.16 bits per heavy atom. The number of carbonyl (C=O) groups excluding carboxylic acids is 2. The molecule has 1 aliphatic carbocycles. The van der Waals surface area contributed by atoms with Crippen LogP contribution in [-0.2, 0) is 16.0 Å². The predicted octanol–water partition coefficient (Wildman–Crippen LogP) is 1.72. The van der Waals surface area contributed by atoms with E-state index in [4.69, 9.17) is 0 Å². The highest BCUT2D eigenvalue weighted by molar-refractivity contribution is 6.08. The second-order valence-corrected chi connectivity index (χ2v) is 5.39. The summed E-state index contributed by atoms with van der Waals surface area (Å²) in [5.41, 5.74) is 2.26. The molecule has 4 nitrogen and oxygen atoms in total. The molecular weight excluding hydrogens is 240 g/mol. The fraction of sp³-hybridized carbons (Fsp3) is 0.333. The minimum atomic E-state index is 0.00969. The van der Waals surface area contributed by atoms with E-state index in [9.17, 15) is 9.59 Å². The molecule has 2 heterocycles. The molecule has 2 aliphatic rings. The van der Waals surface area contributed by atoms with Crippen LogP contribution in [0.2, 0.25) is 0 Å². The van der Waals surface area contributed by atoms with Gasteiger partial charge in [-0.3, -0.25) is 14.5 Å². The summed E-state index contributed by atoms with van der Waals surface area (Å²) in [6.07, 6.45) is 3.47. The van der Waals surface area contributed by atoms with E-state index in [-0.39, 0.29) is 23.7 Å². The van der Waals surface area contributed by atoms with Crippen molar-refractivity contribution in [1.29, 1.82) is 0 Å². The molecule has 2 fully saturated rings. The summed E-state index contributed by atoms with van der Waals surface area (Å²) >= 11 is 0. The van der Waals surface area contributed by atoms with Gasteiger partial charge in [-0.2, -0.15) is 0 Å². The van der Waals surface area contributed by atoms with E-state index in [0.717, 1.165) is 23.9 Å². The lowest BCUT2D eigenvalue weighted by Crippen LogP contribution is -2.34. The van der Waals surface area contributed by atoms with Crippen LogP contribution >= 0.6 is 0 Å². The van der Waals surface area contributed by atoms with Crippen molar-refractivity contribution in [3.63, 3.8) is 0 Å². The Kier molecular flexibility index (Phi) is 2.10. The maximum Gasteiger partial charge on any atom is 0.233 e. The smallest absolute Gasteiger partial charge is 0.233 e. The van der Waals surface area contributed by atoms with Crippen LogP contribution in [0.3, 0.4) is 0 Å². The van der Waals surface area contributed by atoms with Crippen molar-refractivity contribution in [1.82, 2.24) is 9.88 Å². The highest BCUT2D eigenvalue weighted by atomic mass is 16.2. The molecule has 0 spiro atoms. The number of benzene rings is 1. The van der Waals surface area contributed by atoms with Gasteiger partial charge in [0.15, 0.2) is 0 Å². The first kappa shape index (κ1) is 10.8. The molecule has 2 atom stereocenters. The molecule has 2 aromatic rings. The van der Waals surface area contributed by atoms with Crippen molar-refractivity contribution in [2.24, 2.45) is 11.8 Å². The SMILES string of the molecule is O=C1[C@H]2C[C@H]2C(=O)N1CCc1c[nH]c2ccccc12. The monoisotopic (exact) mass is 254 g/mol.